The van der Waals surface area contributed by atoms with Gasteiger partial charge in [-0.15, -0.1) is 22.7 Å². The Kier molecular flexibility index (Phi) is 36.8. The summed E-state index contributed by atoms with van der Waals surface area (Å²) < 4.78 is 5.60. The quantitative estimate of drug-likeness (QED) is 0.135. The average Bonchev–Trinajstić information content (AvgIpc) is 1.72. The van der Waals surface area contributed by atoms with Gasteiger partial charge in [0.15, 0.2) is 0 Å². The van der Waals surface area contributed by atoms with Crippen LogP contribution in [0.5, 0.6) is 0 Å². The van der Waals surface area contributed by atoms with Crippen LogP contribution in [-0.2, 0) is 56.2 Å². The molecule has 0 N–H and O–H groups in total. The number of aromatic nitrogens is 4. The zero-order chi connectivity index (χ0) is 95.2. The number of rotatable bonds is 9. The van der Waals surface area contributed by atoms with E-state index in [0.29, 0.717) is 0 Å². The van der Waals surface area contributed by atoms with Crippen LogP contribution >= 0.6 is 22.7 Å². The summed E-state index contributed by atoms with van der Waals surface area (Å²) in [4.78, 5) is 21.2. The second-order valence-corrected chi connectivity index (χ2v) is 44.0. The molecule has 0 amide bonds. The highest BCUT2D eigenvalue weighted by Gasteiger charge is 2.21. The fraction of sp³-hybridized carbons (Fsp3) is 0.290. The lowest BCUT2D eigenvalue weighted by atomic mass is 9.86. The summed E-state index contributed by atoms with van der Waals surface area (Å²) in [5.41, 5.74) is 28.0. The topological polar surface area (TPSA) is 64.7 Å². The molecule has 5 nitrogen and oxygen atoms in total. The van der Waals surface area contributed by atoms with Crippen LogP contribution in [0.3, 0.4) is 0 Å². The predicted octanol–water partition coefficient (Wildman–Crippen LogP) is 35.0. The molecule has 7 heteroatoms. The first kappa shape index (κ1) is 103. The summed E-state index contributed by atoms with van der Waals surface area (Å²) in [7, 11) is 0. The monoisotopic (exact) mass is 1770 g/mol. The fourth-order valence-electron chi connectivity index (χ4n) is 13.7. The number of hydrogen-bond acceptors (Lipinski definition) is 7. The maximum absolute atomic E-state index is 5.60. The van der Waals surface area contributed by atoms with Crippen LogP contribution in [0.15, 0.2) is 369 Å². The predicted molar refractivity (Wildman–Crippen MR) is 569 cm³/mol. The number of nitrogens with zero attached hydrogens (tertiary/aromatic N) is 4. The Balaban J connectivity index is 0.000000169. The van der Waals surface area contributed by atoms with Gasteiger partial charge in [0.2, 0.25) is 0 Å². The van der Waals surface area contributed by atoms with Gasteiger partial charge in [0, 0.05) is 80.3 Å². The first-order valence-corrected chi connectivity index (χ1v) is 47.7. The lowest BCUT2D eigenvalue weighted by molar-refractivity contribution is 0.548. The number of pyridine rings is 4. The molecule has 0 spiro atoms. The molecule has 7 heterocycles. The largest absolute Gasteiger partial charge is 0.461 e. The van der Waals surface area contributed by atoms with Gasteiger partial charge in [-0.25, -0.2) is 0 Å². The SMILES string of the molecule is CC(C)(C)c1ccc(-c2ccccc2)cc1.CC(C)(C)c1ccc(-c2ccccn2)cc1.CC(C)(C)c1ccc(-c2cccnc2)cc1.CC(C)(C)c1ccc(-c2cccs2)cc1.CC(C)(C)c1cncc(C#Cc2ccccc2)c1.CC(C)(C)c1cncc(CCc2ccccc2)c1.Cc1ccc(-c2ccc(C(C)(C)C)cc2)o1.Cc1ccc(-c2ccc(C(C)(C)C)cc2)s1. The van der Waals surface area contributed by atoms with Gasteiger partial charge in [-0.1, -0.05) is 427 Å². The molecule has 7 aromatic heterocycles. The molecule has 9 aromatic carbocycles. The summed E-state index contributed by atoms with van der Waals surface area (Å²) in [6, 6.07) is 111. The summed E-state index contributed by atoms with van der Waals surface area (Å²) in [5, 5.41) is 2.12. The van der Waals surface area contributed by atoms with Crippen LogP contribution in [0.25, 0.3) is 65.7 Å². The number of furan rings is 1. The standard InChI is InChI=1S/C17H21N.C17H17N.C16H18.2C15H17N.C15H18O.C15H18S.C14H16S/c2*1-17(2,3)16-11-15(12-18-13-16)10-9-14-7-5-4-6-8-14;1-16(2,3)15-11-9-14(10-12-15)13-7-5-4-6-8-13;1-15(2,3)14-8-6-12(7-9-14)13-5-4-10-16-11-13;1-15(2,3)13-9-7-12(8-10-13)14-6-4-5-11-16-14;2*1-11-5-10-14(16-11)12-6-8-13(9-7-12)15(2,3)4;1-14(2,3)12-8-6-11(7-9-12)13-5-4-10-15-13/h4-8,11-13H,9-10H2,1-3H3;4-8,11-13H,1-3H3;4-12H,1-3H3;2*4-11H,1-3H3;2*5-10H,1-4H3;4-10H,1-3H3. The van der Waals surface area contributed by atoms with Crippen LogP contribution in [0.1, 0.15) is 244 Å². The van der Waals surface area contributed by atoms with Crippen LogP contribution in [0.4, 0.5) is 0 Å². The highest BCUT2D eigenvalue weighted by atomic mass is 32.1. The smallest absolute Gasteiger partial charge is 0.134 e. The molecule has 0 atom stereocenters. The zero-order valence-corrected chi connectivity index (χ0v) is 84.7. The second-order valence-electron chi connectivity index (χ2n) is 41.7. The van der Waals surface area contributed by atoms with Crippen LogP contribution in [0.2, 0.25) is 0 Å². The van der Waals surface area contributed by atoms with Crippen molar-refractivity contribution in [3.05, 3.63) is 442 Å². The van der Waals surface area contributed by atoms with Crippen molar-refractivity contribution in [1.82, 2.24) is 19.9 Å². The van der Waals surface area contributed by atoms with E-state index in [1.165, 1.54) is 109 Å². The minimum absolute atomic E-state index is 0.109. The number of aryl methyl sites for hydroxylation is 4. The number of hydrogen-bond donors (Lipinski definition) is 0. The van der Waals surface area contributed by atoms with Gasteiger partial charge in [-0.2, -0.15) is 0 Å². The molecule has 0 aliphatic heterocycles. The number of thiophene rings is 2. The van der Waals surface area contributed by atoms with E-state index in [9.17, 15) is 0 Å². The van der Waals surface area contributed by atoms with Gasteiger partial charge in [-0.3, -0.25) is 19.9 Å². The summed E-state index contributed by atoms with van der Waals surface area (Å²) in [6.45, 7) is 57.6. The highest BCUT2D eigenvalue weighted by molar-refractivity contribution is 7.15. The third-order valence-electron chi connectivity index (χ3n) is 22.4. The van der Waals surface area contributed by atoms with E-state index in [1.54, 1.807) is 17.5 Å². The Morgan fingerprint density at radius 3 is 1.06 bits per heavy atom. The Labute approximate surface area is 796 Å². The third kappa shape index (κ3) is 34.2. The van der Waals surface area contributed by atoms with Crippen molar-refractivity contribution in [1.29, 1.82) is 0 Å². The van der Waals surface area contributed by atoms with Gasteiger partial charge in [-0.05, 0) is 231 Å². The van der Waals surface area contributed by atoms with E-state index in [0.717, 1.165) is 46.7 Å². The third-order valence-corrected chi connectivity index (χ3v) is 24.3. The Morgan fingerprint density at radius 2 is 0.649 bits per heavy atom. The highest BCUT2D eigenvalue weighted by Crippen LogP contribution is 2.35. The van der Waals surface area contributed by atoms with Crippen LogP contribution in [-0.4, -0.2) is 19.9 Å². The molecular formula is C124H142N4OS2. The molecule has 0 aliphatic rings. The van der Waals surface area contributed by atoms with Gasteiger partial charge < -0.3 is 4.42 Å². The Morgan fingerprint density at radius 1 is 0.260 bits per heavy atom. The van der Waals surface area contributed by atoms with Crippen LogP contribution in [0, 0.1) is 25.7 Å². The molecule has 16 aromatic rings. The molecule has 0 radical (unpaired) electrons. The van der Waals surface area contributed by atoms with Crippen molar-refractivity contribution in [2.45, 2.75) is 236 Å². The molecule has 676 valence electrons. The first-order chi connectivity index (χ1) is 61.8. The molecule has 0 saturated heterocycles. The summed E-state index contributed by atoms with van der Waals surface area (Å²) in [6.07, 6.45) is 15.3. The maximum Gasteiger partial charge on any atom is 0.134 e. The molecule has 0 saturated carbocycles. The number of benzene rings is 9. The van der Waals surface area contributed by atoms with Crippen molar-refractivity contribution in [3.63, 3.8) is 0 Å². The van der Waals surface area contributed by atoms with Crippen molar-refractivity contribution >= 4 is 22.7 Å². The minimum Gasteiger partial charge on any atom is -0.461 e. The summed E-state index contributed by atoms with van der Waals surface area (Å²) in [5.74, 6) is 8.21. The van der Waals surface area contributed by atoms with Gasteiger partial charge in [0.1, 0.15) is 11.5 Å². The molecule has 0 unspecified atom stereocenters. The molecule has 0 bridgehead atoms. The van der Waals surface area contributed by atoms with Gasteiger partial charge in [0.05, 0.1) is 5.69 Å². The molecule has 0 aliphatic carbocycles. The molecule has 0 fully saturated rings. The first-order valence-electron chi connectivity index (χ1n) is 46.0. The van der Waals surface area contributed by atoms with E-state index in [2.05, 4.69) is 453 Å². The Bertz CT molecular complexity index is 5750. The lowest BCUT2D eigenvalue weighted by Crippen LogP contribution is -2.12. The normalized spacial score (nSPS) is 11.4. The second kappa shape index (κ2) is 47.1. The van der Waals surface area contributed by atoms with Crippen molar-refractivity contribution < 1.29 is 4.42 Å². The zero-order valence-electron chi connectivity index (χ0n) is 83.1. The van der Waals surface area contributed by atoms with Crippen molar-refractivity contribution in [2.75, 3.05) is 0 Å². The van der Waals surface area contributed by atoms with Gasteiger partial charge >= 0.3 is 0 Å². The van der Waals surface area contributed by atoms with Gasteiger partial charge in [0.25, 0.3) is 0 Å². The lowest BCUT2D eigenvalue weighted by Gasteiger charge is -2.19. The average molecular weight is 1770 g/mol. The van der Waals surface area contributed by atoms with E-state index in [4.69, 9.17) is 4.42 Å². The summed E-state index contributed by atoms with van der Waals surface area (Å²) >= 11 is 3.64. The van der Waals surface area contributed by atoms with Crippen molar-refractivity contribution in [2.24, 2.45) is 0 Å². The van der Waals surface area contributed by atoms with E-state index >= 15 is 0 Å². The van der Waals surface area contributed by atoms with Crippen LogP contribution < -0.4 is 0 Å². The molecular weight excluding hydrogens is 1630 g/mol. The van der Waals surface area contributed by atoms with E-state index < -0.39 is 0 Å². The minimum atomic E-state index is 0.109. The maximum atomic E-state index is 5.60. The van der Waals surface area contributed by atoms with Crippen molar-refractivity contribution in [3.8, 4) is 77.6 Å². The van der Waals surface area contributed by atoms with E-state index in [-0.39, 0.29) is 43.3 Å². The molecule has 131 heavy (non-hydrogen) atoms. The fourth-order valence-corrected chi connectivity index (χ4v) is 15.3. The van der Waals surface area contributed by atoms with E-state index in [1.807, 2.05) is 128 Å². The Hall–Kier alpha value is -12.2. The molecule has 16 rings (SSSR count).